The van der Waals surface area contributed by atoms with Crippen molar-refractivity contribution in [1.82, 2.24) is 0 Å². The van der Waals surface area contributed by atoms with Crippen molar-refractivity contribution in [2.75, 3.05) is 0 Å². The number of unbranched alkanes of at least 4 members (excludes halogenated alkanes) is 5. The molecule has 0 aliphatic carbocycles. The molecule has 0 saturated heterocycles. The van der Waals surface area contributed by atoms with Gasteiger partial charge in [0.25, 0.3) is 0 Å². The summed E-state index contributed by atoms with van der Waals surface area (Å²) in [4.78, 5) is 12.2. The first-order valence-corrected chi connectivity index (χ1v) is 8.65. The maximum atomic E-state index is 12.2. The molecule has 1 nitrogen and oxygen atoms in total. The van der Waals surface area contributed by atoms with E-state index in [4.69, 9.17) is 0 Å². The number of carbonyl (C=O) groups is 1. The summed E-state index contributed by atoms with van der Waals surface area (Å²) in [6.07, 6.45) is 9.20. The average molecular weight is 288 g/mol. The van der Waals surface area contributed by atoms with Crippen molar-refractivity contribution in [2.45, 2.75) is 84.5 Å². The highest BCUT2D eigenvalue weighted by Gasteiger charge is 2.18. The predicted molar refractivity (Wildman–Crippen MR) is 92.1 cm³/mol. The molecule has 1 aromatic rings. The van der Waals surface area contributed by atoms with Gasteiger partial charge in [-0.2, -0.15) is 0 Å². The van der Waals surface area contributed by atoms with E-state index in [1.807, 2.05) is 12.1 Å². The Hall–Kier alpha value is -1.11. The largest absolute Gasteiger partial charge is 0.294 e. The molecule has 0 N–H and O–H groups in total. The highest BCUT2D eigenvalue weighted by atomic mass is 16.1. The van der Waals surface area contributed by atoms with E-state index >= 15 is 0 Å². The van der Waals surface area contributed by atoms with Gasteiger partial charge in [-0.25, -0.2) is 0 Å². The quantitative estimate of drug-likeness (QED) is 0.364. The Kier molecular flexibility index (Phi) is 7.71. The van der Waals surface area contributed by atoms with Gasteiger partial charge in [0.15, 0.2) is 5.78 Å². The van der Waals surface area contributed by atoms with E-state index in [1.165, 1.54) is 37.7 Å². The van der Waals surface area contributed by atoms with Crippen LogP contribution in [0.5, 0.6) is 0 Å². The highest BCUT2D eigenvalue weighted by Crippen LogP contribution is 2.26. The molecular weight excluding hydrogens is 256 g/mol. The van der Waals surface area contributed by atoms with Crippen LogP contribution in [0.3, 0.4) is 0 Å². The Morgan fingerprint density at radius 2 is 1.48 bits per heavy atom. The van der Waals surface area contributed by atoms with Crippen molar-refractivity contribution in [2.24, 2.45) is 0 Å². The Bertz CT molecular complexity index is 414. The fourth-order valence-electron chi connectivity index (χ4n) is 2.52. The summed E-state index contributed by atoms with van der Waals surface area (Å²) in [5, 5.41) is 0. The number of benzene rings is 1. The van der Waals surface area contributed by atoms with Gasteiger partial charge in [-0.1, -0.05) is 84.1 Å². The lowest BCUT2D eigenvalue weighted by atomic mass is 9.82. The minimum Gasteiger partial charge on any atom is -0.294 e. The smallest absolute Gasteiger partial charge is 0.162 e. The summed E-state index contributed by atoms with van der Waals surface area (Å²) in [6.45, 7) is 8.94. The van der Waals surface area contributed by atoms with E-state index in [0.29, 0.717) is 12.2 Å². The molecule has 118 valence electrons. The maximum absolute atomic E-state index is 12.2. The van der Waals surface area contributed by atoms with Crippen LogP contribution >= 0.6 is 0 Å². The van der Waals surface area contributed by atoms with Gasteiger partial charge in [0.2, 0.25) is 0 Å². The number of carbonyl (C=O) groups excluding carboxylic acids is 1. The third-order valence-electron chi connectivity index (χ3n) is 4.63. The minimum atomic E-state index is 0.195. The first kappa shape index (κ1) is 17.9. The summed E-state index contributed by atoms with van der Waals surface area (Å²) in [6, 6.07) is 8.26. The van der Waals surface area contributed by atoms with Crippen LogP contribution in [0.2, 0.25) is 0 Å². The van der Waals surface area contributed by atoms with E-state index in [9.17, 15) is 4.79 Å². The van der Waals surface area contributed by atoms with E-state index < -0.39 is 0 Å². The fourth-order valence-corrected chi connectivity index (χ4v) is 2.52. The molecule has 0 atom stereocenters. The SMILES string of the molecule is CCCCCCCCC(=O)c1ccc(C(C)(C)CC)cc1. The first-order chi connectivity index (χ1) is 10.0. The lowest BCUT2D eigenvalue weighted by Gasteiger charge is -2.23. The molecule has 0 aromatic heterocycles. The third-order valence-corrected chi connectivity index (χ3v) is 4.63. The molecule has 0 bridgehead atoms. The zero-order valence-corrected chi connectivity index (χ0v) is 14.4. The molecule has 1 heteroatoms. The predicted octanol–water partition coefficient (Wildman–Crippen LogP) is 6.31. The van der Waals surface area contributed by atoms with Crippen molar-refractivity contribution in [3.63, 3.8) is 0 Å². The summed E-state index contributed by atoms with van der Waals surface area (Å²) >= 11 is 0. The number of Topliss-reactive ketones (excluding diaryl/α,β-unsaturated/α-hetero) is 1. The van der Waals surface area contributed by atoms with E-state index in [-0.39, 0.29) is 5.41 Å². The average Bonchev–Trinajstić information content (AvgIpc) is 2.50. The van der Waals surface area contributed by atoms with Gasteiger partial charge in [-0.05, 0) is 23.8 Å². The van der Waals surface area contributed by atoms with Crippen LogP contribution in [0.15, 0.2) is 24.3 Å². The molecule has 21 heavy (non-hydrogen) atoms. The maximum Gasteiger partial charge on any atom is 0.162 e. The Morgan fingerprint density at radius 1 is 0.905 bits per heavy atom. The number of hydrogen-bond donors (Lipinski definition) is 0. The van der Waals surface area contributed by atoms with Gasteiger partial charge >= 0.3 is 0 Å². The monoisotopic (exact) mass is 288 g/mol. The number of hydrogen-bond acceptors (Lipinski definition) is 1. The van der Waals surface area contributed by atoms with Crippen molar-refractivity contribution in [3.8, 4) is 0 Å². The Balaban J connectivity index is 2.41. The van der Waals surface area contributed by atoms with Crippen LogP contribution in [0.25, 0.3) is 0 Å². The van der Waals surface area contributed by atoms with Crippen LogP contribution in [-0.2, 0) is 5.41 Å². The second kappa shape index (κ2) is 9.02. The molecule has 1 rings (SSSR count). The highest BCUT2D eigenvalue weighted by molar-refractivity contribution is 5.96. The number of rotatable bonds is 10. The first-order valence-electron chi connectivity index (χ1n) is 8.65. The topological polar surface area (TPSA) is 17.1 Å². The lowest BCUT2D eigenvalue weighted by Crippen LogP contribution is -2.15. The van der Waals surface area contributed by atoms with Crippen LogP contribution < -0.4 is 0 Å². The fraction of sp³-hybridized carbons (Fsp3) is 0.650. The molecule has 0 heterocycles. The molecule has 0 fully saturated rings. The van der Waals surface area contributed by atoms with Gasteiger partial charge in [0.05, 0.1) is 0 Å². The molecule has 0 amide bonds. The molecule has 0 saturated carbocycles. The van der Waals surface area contributed by atoms with Crippen LogP contribution in [0.1, 0.15) is 95.0 Å². The molecule has 0 unspecified atom stereocenters. The summed E-state index contributed by atoms with van der Waals surface area (Å²) in [5.74, 6) is 0.298. The normalized spacial score (nSPS) is 11.6. The lowest BCUT2D eigenvalue weighted by molar-refractivity contribution is 0.0979. The zero-order chi connectivity index (χ0) is 15.7. The Labute approximate surface area is 131 Å². The van der Waals surface area contributed by atoms with Crippen molar-refractivity contribution in [1.29, 1.82) is 0 Å². The summed E-state index contributed by atoms with van der Waals surface area (Å²) in [7, 11) is 0. The van der Waals surface area contributed by atoms with Gasteiger partial charge in [0.1, 0.15) is 0 Å². The molecule has 0 aliphatic heterocycles. The standard InChI is InChI=1S/C20H32O/c1-5-7-8-9-10-11-12-19(21)17-13-15-18(16-14-17)20(3,4)6-2/h13-16H,5-12H2,1-4H3. The van der Waals surface area contributed by atoms with E-state index in [2.05, 4.69) is 39.8 Å². The van der Waals surface area contributed by atoms with Crippen LogP contribution in [0.4, 0.5) is 0 Å². The van der Waals surface area contributed by atoms with E-state index in [1.54, 1.807) is 0 Å². The van der Waals surface area contributed by atoms with Crippen molar-refractivity contribution >= 4 is 5.78 Å². The van der Waals surface area contributed by atoms with E-state index in [0.717, 1.165) is 18.4 Å². The molecule has 0 aliphatic rings. The van der Waals surface area contributed by atoms with Crippen molar-refractivity contribution < 1.29 is 4.79 Å². The third kappa shape index (κ3) is 6.03. The minimum absolute atomic E-state index is 0.195. The molecule has 1 aromatic carbocycles. The van der Waals surface area contributed by atoms with Gasteiger partial charge in [0, 0.05) is 12.0 Å². The Morgan fingerprint density at radius 3 is 2.05 bits per heavy atom. The molecule has 0 radical (unpaired) electrons. The zero-order valence-electron chi connectivity index (χ0n) is 14.4. The summed E-state index contributed by atoms with van der Waals surface area (Å²) in [5.41, 5.74) is 2.39. The van der Waals surface area contributed by atoms with Gasteiger partial charge in [-0.3, -0.25) is 4.79 Å². The molecular formula is C20H32O. The number of ketones is 1. The van der Waals surface area contributed by atoms with Crippen molar-refractivity contribution in [3.05, 3.63) is 35.4 Å². The van der Waals surface area contributed by atoms with Gasteiger partial charge < -0.3 is 0 Å². The van der Waals surface area contributed by atoms with Crippen LogP contribution in [0, 0.1) is 0 Å². The van der Waals surface area contributed by atoms with Crippen LogP contribution in [-0.4, -0.2) is 5.78 Å². The van der Waals surface area contributed by atoms with Gasteiger partial charge in [-0.15, -0.1) is 0 Å². The second-order valence-corrected chi connectivity index (χ2v) is 6.76. The second-order valence-electron chi connectivity index (χ2n) is 6.76. The molecule has 0 spiro atoms. The summed E-state index contributed by atoms with van der Waals surface area (Å²) < 4.78 is 0.